The molecular formula is C10H16ClN3O2. The minimum Gasteiger partial charge on any atom is -0.497 e. The van der Waals surface area contributed by atoms with Crippen LogP contribution in [0.15, 0.2) is 24.3 Å². The lowest BCUT2D eigenvalue weighted by Gasteiger charge is -2.05. The Kier molecular flexibility index (Phi) is 7.07. The zero-order valence-corrected chi connectivity index (χ0v) is 9.84. The molecule has 0 saturated carbocycles. The van der Waals surface area contributed by atoms with Crippen molar-refractivity contribution in [1.82, 2.24) is 10.7 Å². The van der Waals surface area contributed by atoms with Gasteiger partial charge in [-0.05, 0) is 24.1 Å². The number of methoxy groups -OCH3 is 1. The van der Waals surface area contributed by atoms with Crippen molar-refractivity contribution >= 4 is 18.4 Å². The second-order valence-electron chi connectivity index (χ2n) is 3.00. The number of hydrogen-bond donors (Lipinski definition) is 3. The van der Waals surface area contributed by atoms with Crippen molar-refractivity contribution in [3.63, 3.8) is 0 Å². The van der Waals surface area contributed by atoms with E-state index in [9.17, 15) is 4.79 Å². The number of carbonyl (C=O) groups is 1. The highest BCUT2D eigenvalue weighted by Crippen LogP contribution is 2.11. The van der Waals surface area contributed by atoms with Crippen LogP contribution in [0.1, 0.15) is 5.56 Å². The minimum absolute atomic E-state index is 0. The van der Waals surface area contributed by atoms with Gasteiger partial charge in [0.05, 0.1) is 7.11 Å². The SMILES string of the molecule is COc1ccc(CCNC(=O)NN)cc1.Cl. The topological polar surface area (TPSA) is 76.4 Å². The molecule has 1 aromatic carbocycles. The van der Waals surface area contributed by atoms with Gasteiger partial charge in [-0.1, -0.05) is 12.1 Å². The number of benzene rings is 1. The molecule has 0 atom stereocenters. The molecule has 0 aliphatic rings. The molecule has 0 fully saturated rings. The van der Waals surface area contributed by atoms with Crippen LogP contribution in [-0.2, 0) is 6.42 Å². The second-order valence-corrected chi connectivity index (χ2v) is 3.00. The minimum atomic E-state index is -0.372. The van der Waals surface area contributed by atoms with Gasteiger partial charge >= 0.3 is 6.03 Å². The van der Waals surface area contributed by atoms with E-state index in [1.165, 1.54) is 0 Å². The molecule has 6 heteroatoms. The fourth-order valence-corrected chi connectivity index (χ4v) is 1.16. The molecule has 0 bridgehead atoms. The monoisotopic (exact) mass is 245 g/mol. The first-order valence-corrected chi connectivity index (χ1v) is 4.63. The third kappa shape index (κ3) is 4.86. The lowest BCUT2D eigenvalue weighted by molar-refractivity contribution is 0.241. The Morgan fingerprint density at radius 3 is 2.50 bits per heavy atom. The van der Waals surface area contributed by atoms with Crippen LogP contribution >= 0.6 is 12.4 Å². The van der Waals surface area contributed by atoms with E-state index < -0.39 is 0 Å². The van der Waals surface area contributed by atoms with E-state index >= 15 is 0 Å². The molecule has 0 heterocycles. The number of carbonyl (C=O) groups excluding carboxylic acids is 1. The predicted octanol–water partition coefficient (Wildman–Crippen LogP) is 0.832. The maximum Gasteiger partial charge on any atom is 0.328 e. The molecule has 5 nitrogen and oxygen atoms in total. The van der Waals surface area contributed by atoms with Crippen molar-refractivity contribution in [2.45, 2.75) is 6.42 Å². The van der Waals surface area contributed by atoms with E-state index in [0.717, 1.165) is 17.7 Å². The number of urea groups is 1. The van der Waals surface area contributed by atoms with Crippen molar-refractivity contribution in [1.29, 1.82) is 0 Å². The van der Waals surface area contributed by atoms with Gasteiger partial charge in [-0.2, -0.15) is 0 Å². The molecule has 1 aromatic rings. The summed E-state index contributed by atoms with van der Waals surface area (Å²) in [7, 11) is 1.63. The van der Waals surface area contributed by atoms with Crippen molar-refractivity contribution in [2.75, 3.05) is 13.7 Å². The Hall–Kier alpha value is -1.46. The van der Waals surface area contributed by atoms with Crippen LogP contribution in [0.25, 0.3) is 0 Å². The molecule has 4 N–H and O–H groups in total. The van der Waals surface area contributed by atoms with E-state index in [1.807, 2.05) is 29.7 Å². The van der Waals surface area contributed by atoms with E-state index in [2.05, 4.69) is 5.32 Å². The fraction of sp³-hybridized carbons (Fsp3) is 0.300. The lowest BCUT2D eigenvalue weighted by Crippen LogP contribution is -2.40. The maximum atomic E-state index is 10.7. The lowest BCUT2D eigenvalue weighted by atomic mass is 10.1. The highest BCUT2D eigenvalue weighted by atomic mass is 35.5. The van der Waals surface area contributed by atoms with Gasteiger partial charge in [0, 0.05) is 6.54 Å². The normalized spacial score (nSPS) is 8.88. The Labute approximate surface area is 101 Å². The average molecular weight is 246 g/mol. The smallest absolute Gasteiger partial charge is 0.328 e. The number of amides is 2. The molecule has 0 aliphatic carbocycles. The average Bonchev–Trinajstić information content (AvgIpc) is 2.29. The summed E-state index contributed by atoms with van der Waals surface area (Å²) in [6, 6.07) is 7.32. The number of nitrogens with one attached hydrogen (secondary N) is 2. The Morgan fingerprint density at radius 2 is 2.00 bits per heavy atom. The van der Waals surface area contributed by atoms with Gasteiger partial charge in [-0.15, -0.1) is 12.4 Å². The number of ether oxygens (including phenoxy) is 1. The molecule has 16 heavy (non-hydrogen) atoms. The molecule has 1 rings (SSSR count). The standard InChI is InChI=1S/C10H15N3O2.ClH/c1-15-9-4-2-8(3-5-9)6-7-12-10(14)13-11;/h2-5H,6-7,11H2,1H3,(H2,12,13,14);1H. The first-order chi connectivity index (χ1) is 7.26. The number of hydrazine groups is 1. The van der Waals surface area contributed by atoms with Crippen molar-refractivity contribution in [3.05, 3.63) is 29.8 Å². The molecule has 0 radical (unpaired) electrons. The van der Waals surface area contributed by atoms with Crippen LogP contribution in [0.5, 0.6) is 5.75 Å². The predicted molar refractivity (Wildman–Crippen MR) is 64.7 cm³/mol. The van der Waals surface area contributed by atoms with Crippen molar-refractivity contribution < 1.29 is 9.53 Å². The zero-order chi connectivity index (χ0) is 11.1. The number of rotatable bonds is 4. The number of nitrogens with two attached hydrogens (primary N) is 1. The first-order valence-electron chi connectivity index (χ1n) is 4.63. The molecule has 0 aliphatic heterocycles. The fourth-order valence-electron chi connectivity index (χ4n) is 1.16. The molecule has 90 valence electrons. The summed E-state index contributed by atoms with van der Waals surface area (Å²) in [4.78, 5) is 10.7. The summed E-state index contributed by atoms with van der Waals surface area (Å²) in [5, 5.41) is 2.60. The van der Waals surface area contributed by atoms with E-state index in [0.29, 0.717) is 6.54 Å². The first kappa shape index (κ1) is 14.5. The third-order valence-electron chi connectivity index (χ3n) is 1.99. The van der Waals surface area contributed by atoms with Gasteiger partial charge in [0.25, 0.3) is 0 Å². The largest absolute Gasteiger partial charge is 0.497 e. The van der Waals surface area contributed by atoms with Crippen LogP contribution in [0.3, 0.4) is 0 Å². The molecular weight excluding hydrogens is 230 g/mol. The summed E-state index contributed by atoms with van der Waals surface area (Å²) in [6.07, 6.45) is 0.761. The summed E-state index contributed by atoms with van der Waals surface area (Å²) in [5.74, 6) is 5.74. The maximum absolute atomic E-state index is 10.7. The van der Waals surface area contributed by atoms with E-state index in [1.54, 1.807) is 7.11 Å². The number of halogens is 1. The number of hydrogen-bond acceptors (Lipinski definition) is 3. The van der Waals surface area contributed by atoms with Gasteiger partial charge in [-0.25, -0.2) is 10.6 Å². The summed E-state index contributed by atoms with van der Waals surface area (Å²) >= 11 is 0. The summed E-state index contributed by atoms with van der Waals surface area (Å²) in [5.41, 5.74) is 3.13. The van der Waals surface area contributed by atoms with Gasteiger partial charge in [0.2, 0.25) is 0 Å². The van der Waals surface area contributed by atoms with E-state index in [-0.39, 0.29) is 18.4 Å². The van der Waals surface area contributed by atoms with Crippen LogP contribution in [0.2, 0.25) is 0 Å². The third-order valence-corrected chi connectivity index (χ3v) is 1.99. The van der Waals surface area contributed by atoms with Crippen molar-refractivity contribution in [2.24, 2.45) is 5.84 Å². The van der Waals surface area contributed by atoms with Gasteiger partial charge < -0.3 is 10.1 Å². The van der Waals surface area contributed by atoms with Crippen molar-refractivity contribution in [3.8, 4) is 5.75 Å². The molecule has 2 amide bonds. The molecule has 0 spiro atoms. The Balaban J connectivity index is 0.00000225. The van der Waals surface area contributed by atoms with Gasteiger partial charge in [0.1, 0.15) is 5.75 Å². The second kappa shape index (κ2) is 7.78. The van der Waals surface area contributed by atoms with E-state index in [4.69, 9.17) is 10.6 Å². The Bertz CT molecular complexity index is 316. The van der Waals surface area contributed by atoms with Crippen LogP contribution in [-0.4, -0.2) is 19.7 Å². The molecule has 0 unspecified atom stereocenters. The molecule has 0 aromatic heterocycles. The van der Waals surface area contributed by atoms with Gasteiger partial charge in [-0.3, -0.25) is 5.43 Å². The highest BCUT2D eigenvalue weighted by Gasteiger charge is 1.97. The van der Waals surface area contributed by atoms with Crippen LogP contribution in [0.4, 0.5) is 4.79 Å². The highest BCUT2D eigenvalue weighted by molar-refractivity contribution is 5.85. The van der Waals surface area contributed by atoms with Crippen LogP contribution < -0.4 is 21.3 Å². The zero-order valence-electron chi connectivity index (χ0n) is 9.03. The van der Waals surface area contributed by atoms with Crippen LogP contribution in [0, 0.1) is 0 Å². The van der Waals surface area contributed by atoms with Gasteiger partial charge in [0.15, 0.2) is 0 Å². The summed E-state index contributed by atoms with van der Waals surface area (Å²) in [6.45, 7) is 0.551. The quantitative estimate of drug-likeness (QED) is 0.418. The summed E-state index contributed by atoms with van der Waals surface area (Å²) < 4.78 is 5.03. The Morgan fingerprint density at radius 1 is 1.38 bits per heavy atom. The molecule has 0 saturated heterocycles.